The Bertz CT molecular complexity index is 987. The minimum absolute atomic E-state index is 0.0609. The van der Waals surface area contributed by atoms with Crippen molar-refractivity contribution in [2.75, 3.05) is 5.32 Å². The average molecular weight is 369 g/mol. The number of aryl methyl sites for hydroxylation is 3. The summed E-state index contributed by atoms with van der Waals surface area (Å²) in [5, 5.41) is 3.46. The van der Waals surface area contributed by atoms with E-state index in [1.54, 1.807) is 10.9 Å². The van der Waals surface area contributed by atoms with E-state index < -0.39 is 0 Å². The number of hydrogen-bond donors (Lipinski definition) is 1. The minimum Gasteiger partial charge on any atom is -0.321 e. The van der Waals surface area contributed by atoms with Gasteiger partial charge in [-0.25, -0.2) is 4.98 Å². The number of fused-ring (bicyclic) bond motifs is 1. The zero-order valence-electron chi connectivity index (χ0n) is 15.3. The zero-order chi connectivity index (χ0) is 18.7. The van der Waals surface area contributed by atoms with Crippen LogP contribution in [0.15, 0.2) is 35.4 Å². The fourth-order valence-electron chi connectivity index (χ4n) is 2.89. The van der Waals surface area contributed by atoms with E-state index in [1.165, 1.54) is 11.3 Å². The maximum Gasteiger partial charge on any atom is 0.266 e. The molecule has 0 aliphatic carbocycles. The Morgan fingerprint density at radius 2 is 1.92 bits per heavy atom. The van der Waals surface area contributed by atoms with Crippen LogP contribution in [0.4, 0.5) is 5.69 Å². The average Bonchev–Trinajstić information content (AvgIpc) is 2.97. The van der Waals surface area contributed by atoms with Gasteiger partial charge in [0, 0.05) is 12.2 Å². The lowest BCUT2D eigenvalue weighted by Gasteiger charge is -2.05. The summed E-state index contributed by atoms with van der Waals surface area (Å²) < 4.78 is 1.65. The third-order valence-corrected chi connectivity index (χ3v) is 5.63. The molecule has 0 bridgehead atoms. The molecule has 3 aromatic rings. The molecule has 3 rings (SSSR count). The van der Waals surface area contributed by atoms with Gasteiger partial charge in [0.1, 0.15) is 4.83 Å². The predicted octanol–water partition coefficient (Wildman–Crippen LogP) is 4.52. The van der Waals surface area contributed by atoms with Gasteiger partial charge in [-0.05, 0) is 38.0 Å². The third-order valence-electron chi connectivity index (χ3n) is 4.44. The van der Waals surface area contributed by atoms with Crippen molar-refractivity contribution >= 4 is 33.1 Å². The largest absolute Gasteiger partial charge is 0.321 e. The number of anilines is 1. The van der Waals surface area contributed by atoms with Crippen molar-refractivity contribution in [1.29, 1.82) is 0 Å². The number of benzene rings is 1. The van der Waals surface area contributed by atoms with E-state index >= 15 is 0 Å². The summed E-state index contributed by atoms with van der Waals surface area (Å²) in [4.78, 5) is 31.0. The smallest absolute Gasteiger partial charge is 0.266 e. The molecule has 26 heavy (non-hydrogen) atoms. The number of nitrogens with one attached hydrogen (secondary N) is 1. The Morgan fingerprint density at radius 3 is 2.62 bits per heavy atom. The Labute approximate surface area is 156 Å². The van der Waals surface area contributed by atoms with Crippen LogP contribution in [-0.4, -0.2) is 15.5 Å². The highest BCUT2D eigenvalue weighted by Crippen LogP contribution is 2.27. The number of thiophene rings is 1. The van der Waals surface area contributed by atoms with Crippen LogP contribution in [0.3, 0.4) is 0 Å². The van der Waals surface area contributed by atoms with E-state index in [4.69, 9.17) is 0 Å². The summed E-state index contributed by atoms with van der Waals surface area (Å²) in [5.41, 5.74) is 2.52. The lowest BCUT2D eigenvalue weighted by atomic mass is 10.2. The molecule has 0 aliphatic heterocycles. The summed E-state index contributed by atoms with van der Waals surface area (Å²) in [5.74, 6) is -0.203. The van der Waals surface area contributed by atoms with Crippen molar-refractivity contribution in [3.8, 4) is 0 Å². The van der Waals surface area contributed by atoms with Crippen LogP contribution >= 0.6 is 11.3 Å². The number of amides is 1. The number of aromatic nitrogens is 2. The molecule has 2 aromatic heterocycles. The minimum atomic E-state index is -0.203. The van der Waals surface area contributed by atoms with Crippen LogP contribution < -0.4 is 10.9 Å². The van der Waals surface area contributed by atoms with Gasteiger partial charge < -0.3 is 5.32 Å². The van der Waals surface area contributed by atoms with E-state index in [2.05, 4.69) is 17.2 Å². The first-order chi connectivity index (χ1) is 12.5. The number of hydrogen-bond acceptors (Lipinski definition) is 4. The Morgan fingerprint density at radius 1 is 1.19 bits per heavy atom. The number of rotatable bonds is 6. The number of nitrogens with zero attached hydrogens (tertiary/aromatic N) is 2. The molecule has 1 aromatic carbocycles. The molecule has 0 fully saturated rings. The van der Waals surface area contributed by atoms with Crippen molar-refractivity contribution in [2.45, 2.75) is 46.6 Å². The molecule has 0 saturated heterocycles. The molecular formula is C20H23N3O2S. The van der Waals surface area contributed by atoms with E-state index in [0.29, 0.717) is 27.2 Å². The van der Waals surface area contributed by atoms with Gasteiger partial charge in [0.2, 0.25) is 0 Å². The van der Waals surface area contributed by atoms with Crippen molar-refractivity contribution in [2.24, 2.45) is 0 Å². The predicted molar refractivity (Wildman–Crippen MR) is 107 cm³/mol. The Kier molecular flexibility index (Phi) is 5.52. The van der Waals surface area contributed by atoms with Crippen molar-refractivity contribution in [3.63, 3.8) is 0 Å². The van der Waals surface area contributed by atoms with Crippen LogP contribution in [-0.2, 0) is 6.54 Å². The first kappa shape index (κ1) is 18.3. The summed E-state index contributed by atoms with van der Waals surface area (Å²) in [6.45, 7) is 6.61. The highest BCUT2D eigenvalue weighted by Gasteiger charge is 2.19. The summed E-state index contributed by atoms with van der Waals surface area (Å²) in [6.07, 6.45) is 4.73. The summed E-state index contributed by atoms with van der Waals surface area (Å²) in [6, 6.07) is 7.64. The quantitative estimate of drug-likeness (QED) is 0.650. The monoisotopic (exact) mass is 369 g/mol. The topological polar surface area (TPSA) is 64.0 Å². The molecule has 5 nitrogen and oxygen atoms in total. The van der Waals surface area contributed by atoms with Crippen LogP contribution in [0.1, 0.15) is 47.0 Å². The maximum atomic E-state index is 12.8. The van der Waals surface area contributed by atoms with E-state index in [9.17, 15) is 9.59 Å². The van der Waals surface area contributed by atoms with Gasteiger partial charge >= 0.3 is 0 Å². The van der Waals surface area contributed by atoms with Gasteiger partial charge in [-0.1, -0.05) is 37.5 Å². The second kappa shape index (κ2) is 7.83. The van der Waals surface area contributed by atoms with Gasteiger partial charge in [-0.15, -0.1) is 11.3 Å². The lowest BCUT2D eigenvalue weighted by Crippen LogP contribution is -2.20. The highest BCUT2D eigenvalue weighted by atomic mass is 32.1. The van der Waals surface area contributed by atoms with Crippen molar-refractivity contribution in [3.05, 3.63) is 57.0 Å². The van der Waals surface area contributed by atoms with Crippen LogP contribution in [0.25, 0.3) is 10.2 Å². The van der Waals surface area contributed by atoms with Crippen molar-refractivity contribution < 1.29 is 4.79 Å². The molecule has 1 amide bonds. The van der Waals surface area contributed by atoms with Crippen LogP contribution in [0.5, 0.6) is 0 Å². The first-order valence-corrected chi connectivity index (χ1v) is 9.69. The molecule has 136 valence electrons. The molecule has 1 N–H and O–H groups in total. The van der Waals surface area contributed by atoms with E-state index in [0.717, 1.165) is 30.5 Å². The summed E-state index contributed by atoms with van der Waals surface area (Å²) >= 11 is 1.27. The van der Waals surface area contributed by atoms with Gasteiger partial charge in [0.15, 0.2) is 0 Å². The number of carbonyl (C=O) groups is 1. The number of carbonyl (C=O) groups excluding carboxylic acids is 1. The lowest BCUT2D eigenvalue weighted by molar-refractivity contribution is 0.103. The zero-order valence-corrected chi connectivity index (χ0v) is 16.2. The van der Waals surface area contributed by atoms with Crippen molar-refractivity contribution in [1.82, 2.24) is 9.55 Å². The molecule has 6 heteroatoms. The molecule has 0 atom stereocenters. The first-order valence-electron chi connectivity index (χ1n) is 8.87. The molecular weight excluding hydrogens is 346 g/mol. The fourth-order valence-corrected chi connectivity index (χ4v) is 3.93. The SMILES string of the molecule is CCCCCn1cnc2sc(C(=O)Nc3ccc(C)cc3)c(C)c2c1=O. The fraction of sp³-hybridized carbons (Fsp3) is 0.350. The summed E-state index contributed by atoms with van der Waals surface area (Å²) in [7, 11) is 0. The molecule has 0 unspecified atom stereocenters. The molecule has 0 radical (unpaired) electrons. The standard InChI is InChI=1S/C20H23N3O2S/c1-4-5-6-11-23-12-21-19-16(20(23)25)14(3)17(26-19)18(24)22-15-9-7-13(2)8-10-15/h7-10,12H,4-6,11H2,1-3H3,(H,22,24). The van der Waals surface area contributed by atoms with Crippen LogP contribution in [0, 0.1) is 13.8 Å². The van der Waals surface area contributed by atoms with E-state index in [1.807, 2.05) is 38.1 Å². The highest BCUT2D eigenvalue weighted by molar-refractivity contribution is 7.20. The number of unbranched alkanes of at least 4 members (excludes halogenated alkanes) is 2. The van der Waals surface area contributed by atoms with Crippen LogP contribution in [0.2, 0.25) is 0 Å². The second-order valence-corrected chi connectivity index (χ2v) is 7.51. The van der Waals surface area contributed by atoms with Gasteiger partial charge in [-0.2, -0.15) is 0 Å². The molecule has 0 aliphatic rings. The third kappa shape index (κ3) is 3.70. The van der Waals surface area contributed by atoms with Gasteiger partial charge in [0.05, 0.1) is 16.6 Å². The molecule has 0 spiro atoms. The van der Waals surface area contributed by atoms with E-state index in [-0.39, 0.29) is 11.5 Å². The Hall–Kier alpha value is -2.47. The molecule has 2 heterocycles. The maximum absolute atomic E-state index is 12.8. The molecule has 0 saturated carbocycles. The van der Waals surface area contributed by atoms with Gasteiger partial charge in [-0.3, -0.25) is 14.2 Å². The normalized spacial score (nSPS) is 11.0. The Balaban J connectivity index is 1.90. The van der Waals surface area contributed by atoms with Gasteiger partial charge in [0.25, 0.3) is 11.5 Å². The second-order valence-electron chi connectivity index (χ2n) is 6.51.